The highest BCUT2D eigenvalue weighted by Crippen LogP contribution is 2.17. The molecule has 1 fully saturated rings. The van der Waals surface area contributed by atoms with Crippen LogP contribution in [0, 0.1) is 10.1 Å². The molecular weight excluding hydrogens is 232 g/mol. The normalized spacial score (nSPS) is 16.4. The first-order valence-electron chi connectivity index (χ1n) is 6.35. The smallest absolute Gasteiger partial charge is 0.269 e. The van der Waals surface area contributed by atoms with Crippen molar-refractivity contribution < 1.29 is 9.66 Å². The molecule has 0 unspecified atom stereocenters. The molecule has 0 spiro atoms. The number of non-ortho nitro benzene ring substituents is 1. The largest absolute Gasteiger partial charge is 0.492 e. The van der Waals surface area contributed by atoms with Crippen LogP contribution in [0.4, 0.5) is 5.69 Å². The molecule has 0 radical (unpaired) electrons. The Balaban J connectivity index is 1.74. The van der Waals surface area contributed by atoms with E-state index < -0.39 is 4.92 Å². The first-order valence-corrected chi connectivity index (χ1v) is 6.35. The van der Waals surface area contributed by atoms with Crippen molar-refractivity contribution in [1.82, 2.24) is 4.90 Å². The number of benzene rings is 1. The molecule has 5 heteroatoms. The molecule has 98 valence electrons. The molecule has 0 aromatic heterocycles. The van der Waals surface area contributed by atoms with Crippen molar-refractivity contribution in [3.8, 4) is 5.75 Å². The number of likely N-dealkylation sites (tertiary alicyclic amines) is 1. The minimum absolute atomic E-state index is 0.0957. The van der Waals surface area contributed by atoms with Crippen molar-refractivity contribution in [3.05, 3.63) is 34.4 Å². The van der Waals surface area contributed by atoms with Crippen molar-refractivity contribution in [2.75, 3.05) is 26.2 Å². The van der Waals surface area contributed by atoms with Gasteiger partial charge in [-0.1, -0.05) is 6.42 Å². The number of hydrogen-bond donors (Lipinski definition) is 0. The molecule has 1 heterocycles. The molecule has 2 rings (SSSR count). The van der Waals surface area contributed by atoms with Crippen LogP contribution < -0.4 is 4.74 Å². The molecule has 0 atom stereocenters. The predicted octanol–water partition coefficient (Wildman–Crippen LogP) is 2.46. The first kappa shape index (κ1) is 12.8. The van der Waals surface area contributed by atoms with Crippen molar-refractivity contribution in [3.63, 3.8) is 0 Å². The molecule has 0 bridgehead atoms. The minimum Gasteiger partial charge on any atom is -0.492 e. The molecule has 0 aliphatic carbocycles. The van der Waals surface area contributed by atoms with Crippen molar-refractivity contribution in [2.24, 2.45) is 0 Å². The van der Waals surface area contributed by atoms with E-state index >= 15 is 0 Å². The van der Waals surface area contributed by atoms with E-state index in [9.17, 15) is 10.1 Å². The second kappa shape index (κ2) is 6.35. The van der Waals surface area contributed by atoms with Gasteiger partial charge in [-0.15, -0.1) is 0 Å². The van der Waals surface area contributed by atoms with Gasteiger partial charge in [-0.3, -0.25) is 15.0 Å². The quantitative estimate of drug-likeness (QED) is 0.595. The molecule has 1 aromatic rings. The van der Waals surface area contributed by atoms with E-state index in [1.807, 2.05) is 0 Å². The van der Waals surface area contributed by atoms with Crippen LogP contribution in [0.5, 0.6) is 5.75 Å². The van der Waals surface area contributed by atoms with Gasteiger partial charge in [0.05, 0.1) is 4.92 Å². The maximum Gasteiger partial charge on any atom is 0.269 e. The van der Waals surface area contributed by atoms with Crippen LogP contribution in [0.1, 0.15) is 19.3 Å². The summed E-state index contributed by atoms with van der Waals surface area (Å²) in [5.74, 6) is 0.692. The van der Waals surface area contributed by atoms with Crippen LogP contribution in [-0.4, -0.2) is 36.1 Å². The standard InChI is InChI=1S/C13H18N2O3/c16-15(17)12-4-6-13(7-5-12)18-11-10-14-8-2-1-3-9-14/h4-7H,1-3,8-11H2. The van der Waals surface area contributed by atoms with Crippen LogP contribution in [-0.2, 0) is 0 Å². The highest BCUT2D eigenvalue weighted by Gasteiger charge is 2.09. The zero-order valence-electron chi connectivity index (χ0n) is 10.4. The van der Waals surface area contributed by atoms with E-state index in [-0.39, 0.29) is 5.69 Å². The van der Waals surface area contributed by atoms with Crippen LogP contribution in [0.15, 0.2) is 24.3 Å². The Morgan fingerprint density at radius 2 is 1.83 bits per heavy atom. The molecule has 1 aliphatic heterocycles. The zero-order chi connectivity index (χ0) is 12.8. The van der Waals surface area contributed by atoms with Gasteiger partial charge in [-0.25, -0.2) is 0 Å². The van der Waals surface area contributed by atoms with Crippen molar-refractivity contribution in [1.29, 1.82) is 0 Å². The van der Waals surface area contributed by atoms with Gasteiger partial charge < -0.3 is 4.74 Å². The SMILES string of the molecule is O=[N+]([O-])c1ccc(OCCN2CCCCC2)cc1. The summed E-state index contributed by atoms with van der Waals surface area (Å²) >= 11 is 0. The maximum atomic E-state index is 10.5. The fraction of sp³-hybridized carbons (Fsp3) is 0.538. The van der Waals surface area contributed by atoms with Gasteiger partial charge in [0, 0.05) is 18.7 Å². The van der Waals surface area contributed by atoms with E-state index in [0.29, 0.717) is 12.4 Å². The summed E-state index contributed by atoms with van der Waals surface area (Å²) in [7, 11) is 0. The van der Waals surface area contributed by atoms with Crippen LogP contribution >= 0.6 is 0 Å². The third-order valence-corrected chi connectivity index (χ3v) is 3.17. The topological polar surface area (TPSA) is 55.6 Å². The summed E-state index contributed by atoms with van der Waals surface area (Å²) in [6, 6.07) is 6.23. The lowest BCUT2D eigenvalue weighted by Crippen LogP contribution is -2.33. The van der Waals surface area contributed by atoms with Gasteiger partial charge in [0.1, 0.15) is 12.4 Å². The Hall–Kier alpha value is -1.62. The van der Waals surface area contributed by atoms with E-state index in [1.54, 1.807) is 12.1 Å². The Morgan fingerprint density at radius 1 is 1.17 bits per heavy atom. The van der Waals surface area contributed by atoms with Gasteiger partial charge in [0.15, 0.2) is 0 Å². The van der Waals surface area contributed by atoms with Crippen molar-refractivity contribution in [2.45, 2.75) is 19.3 Å². The number of ether oxygens (including phenoxy) is 1. The molecule has 5 nitrogen and oxygen atoms in total. The zero-order valence-corrected chi connectivity index (χ0v) is 10.4. The summed E-state index contributed by atoms with van der Waals surface area (Å²) in [5, 5.41) is 10.5. The predicted molar refractivity (Wildman–Crippen MR) is 68.9 cm³/mol. The Bertz CT molecular complexity index is 386. The number of rotatable bonds is 5. The summed E-state index contributed by atoms with van der Waals surface area (Å²) in [4.78, 5) is 12.5. The van der Waals surface area contributed by atoms with Crippen LogP contribution in [0.3, 0.4) is 0 Å². The number of hydrogen-bond acceptors (Lipinski definition) is 4. The van der Waals surface area contributed by atoms with Gasteiger partial charge in [-0.2, -0.15) is 0 Å². The Kier molecular flexibility index (Phi) is 4.52. The van der Waals surface area contributed by atoms with Crippen LogP contribution in [0.2, 0.25) is 0 Å². The van der Waals surface area contributed by atoms with E-state index in [4.69, 9.17) is 4.74 Å². The first-order chi connectivity index (χ1) is 8.75. The highest BCUT2D eigenvalue weighted by molar-refractivity contribution is 5.35. The second-order valence-electron chi connectivity index (χ2n) is 4.50. The summed E-state index contributed by atoms with van der Waals surface area (Å²) in [5.41, 5.74) is 0.0957. The van der Waals surface area contributed by atoms with Crippen LogP contribution in [0.25, 0.3) is 0 Å². The Morgan fingerprint density at radius 3 is 2.44 bits per heavy atom. The van der Waals surface area contributed by atoms with Gasteiger partial charge >= 0.3 is 0 Å². The molecule has 18 heavy (non-hydrogen) atoms. The number of piperidine rings is 1. The highest BCUT2D eigenvalue weighted by atomic mass is 16.6. The van der Waals surface area contributed by atoms with E-state index in [2.05, 4.69) is 4.90 Å². The van der Waals surface area contributed by atoms with Gasteiger partial charge in [0.2, 0.25) is 0 Å². The molecule has 1 saturated heterocycles. The summed E-state index contributed by atoms with van der Waals surface area (Å²) in [6.45, 7) is 3.88. The Labute approximate surface area is 107 Å². The monoisotopic (exact) mass is 250 g/mol. The number of nitro groups is 1. The van der Waals surface area contributed by atoms with E-state index in [0.717, 1.165) is 19.6 Å². The number of nitro benzene ring substituents is 1. The molecule has 0 amide bonds. The third kappa shape index (κ3) is 3.70. The fourth-order valence-electron chi connectivity index (χ4n) is 2.14. The maximum absolute atomic E-state index is 10.5. The molecule has 0 N–H and O–H groups in total. The molecule has 1 aliphatic rings. The van der Waals surface area contributed by atoms with Gasteiger partial charge in [0.25, 0.3) is 5.69 Å². The van der Waals surface area contributed by atoms with Crippen molar-refractivity contribution >= 4 is 5.69 Å². The summed E-state index contributed by atoms with van der Waals surface area (Å²) < 4.78 is 5.58. The second-order valence-corrected chi connectivity index (χ2v) is 4.50. The third-order valence-electron chi connectivity index (χ3n) is 3.17. The lowest BCUT2D eigenvalue weighted by Gasteiger charge is -2.26. The lowest BCUT2D eigenvalue weighted by molar-refractivity contribution is -0.384. The molecule has 0 saturated carbocycles. The van der Waals surface area contributed by atoms with E-state index in [1.165, 1.54) is 31.4 Å². The molecule has 1 aromatic carbocycles. The van der Waals surface area contributed by atoms with Gasteiger partial charge in [-0.05, 0) is 38.1 Å². The molecular formula is C13H18N2O3. The fourth-order valence-corrected chi connectivity index (χ4v) is 2.14. The lowest BCUT2D eigenvalue weighted by atomic mass is 10.1. The minimum atomic E-state index is -0.405. The number of nitrogens with zero attached hydrogens (tertiary/aromatic N) is 2. The summed E-state index contributed by atoms with van der Waals surface area (Å²) in [6.07, 6.45) is 3.88. The average molecular weight is 250 g/mol. The average Bonchev–Trinajstić information content (AvgIpc) is 2.40.